The fraction of sp³-hybridized carbons (Fsp3) is 0.579. The second kappa shape index (κ2) is 8.13. The Hall–Kier alpha value is -1.34. The Balaban J connectivity index is 1.26. The molecular formula is C19H23FN2O2S2. The molecule has 7 heteroatoms. The first kappa shape index (κ1) is 18.0. The van der Waals surface area contributed by atoms with Crippen molar-refractivity contribution in [3.8, 4) is 5.19 Å². The van der Waals surface area contributed by atoms with Crippen molar-refractivity contribution in [1.29, 1.82) is 0 Å². The van der Waals surface area contributed by atoms with Gasteiger partial charge in [-0.25, -0.2) is 4.39 Å². The number of ether oxygens (including phenoxy) is 1. The van der Waals surface area contributed by atoms with Gasteiger partial charge in [-0.15, -0.1) is 11.8 Å². The van der Waals surface area contributed by atoms with Crippen molar-refractivity contribution in [2.45, 2.75) is 49.9 Å². The molecule has 2 heterocycles. The van der Waals surface area contributed by atoms with E-state index in [2.05, 4.69) is 4.98 Å². The number of amides is 1. The standard InChI is InChI=1S/C19H23FN2O2S2/c20-15-6-3-7-16-18(15)21-19(26-16)24-13-8-10-22(11-9-13)17(23)12-25-14-4-1-2-5-14/h3,6-7,13-14H,1-2,4-5,8-12H2. The summed E-state index contributed by atoms with van der Waals surface area (Å²) in [5.41, 5.74) is 0.379. The molecule has 2 fully saturated rings. The van der Waals surface area contributed by atoms with Gasteiger partial charge in [0.25, 0.3) is 5.19 Å². The molecule has 0 unspecified atom stereocenters. The molecule has 0 atom stereocenters. The van der Waals surface area contributed by atoms with E-state index in [0.717, 1.165) is 30.6 Å². The number of aromatic nitrogens is 1. The molecule has 4 nitrogen and oxygen atoms in total. The second-order valence-corrected chi connectivity index (χ2v) is 9.26. The molecule has 1 aromatic heterocycles. The number of carbonyl (C=O) groups is 1. The molecule has 0 bridgehead atoms. The van der Waals surface area contributed by atoms with Gasteiger partial charge in [0.2, 0.25) is 5.91 Å². The first-order valence-corrected chi connectivity index (χ1v) is 11.2. The van der Waals surface area contributed by atoms with Crippen LogP contribution in [0, 0.1) is 5.82 Å². The van der Waals surface area contributed by atoms with Crippen LogP contribution in [0.2, 0.25) is 0 Å². The Bertz CT molecular complexity index is 768. The number of para-hydroxylation sites is 1. The highest BCUT2D eigenvalue weighted by molar-refractivity contribution is 8.00. The monoisotopic (exact) mass is 394 g/mol. The van der Waals surface area contributed by atoms with Crippen molar-refractivity contribution in [2.24, 2.45) is 0 Å². The zero-order valence-electron chi connectivity index (χ0n) is 14.7. The molecule has 1 amide bonds. The van der Waals surface area contributed by atoms with E-state index in [1.807, 2.05) is 22.7 Å². The molecule has 0 N–H and O–H groups in total. The molecule has 1 aliphatic carbocycles. The van der Waals surface area contributed by atoms with Crippen LogP contribution in [0.25, 0.3) is 10.2 Å². The van der Waals surface area contributed by atoms with E-state index in [9.17, 15) is 9.18 Å². The number of thiazole rings is 1. The highest BCUT2D eigenvalue weighted by Gasteiger charge is 2.26. The minimum absolute atomic E-state index is 0.0464. The maximum absolute atomic E-state index is 13.7. The molecule has 0 spiro atoms. The third-order valence-corrected chi connectivity index (χ3v) is 7.42. The van der Waals surface area contributed by atoms with Crippen LogP contribution >= 0.6 is 23.1 Å². The lowest BCUT2D eigenvalue weighted by Gasteiger charge is -2.31. The third-order valence-electron chi connectivity index (χ3n) is 5.16. The normalized spacial score (nSPS) is 19.3. The summed E-state index contributed by atoms with van der Waals surface area (Å²) in [7, 11) is 0. The summed E-state index contributed by atoms with van der Waals surface area (Å²) in [5.74, 6) is 0.545. The summed E-state index contributed by atoms with van der Waals surface area (Å²) in [6, 6.07) is 4.96. The molecule has 140 valence electrons. The molecule has 4 rings (SSSR count). The van der Waals surface area contributed by atoms with Crippen LogP contribution in [0.5, 0.6) is 5.19 Å². The van der Waals surface area contributed by atoms with Crippen LogP contribution in [0.1, 0.15) is 38.5 Å². The van der Waals surface area contributed by atoms with Gasteiger partial charge in [-0.3, -0.25) is 4.79 Å². The van der Waals surface area contributed by atoms with Gasteiger partial charge in [0.15, 0.2) is 0 Å². The quantitative estimate of drug-likeness (QED) is 0.750. The van der Waals surface area contributed by atoms with Crippen molar-refractivity contribution in [3.05, 3.63) is 24.0 Å². The van der Waals surface area contributed by atoms with Crippen LogP contribution in [-0.4, -0.2) is 46.0 Å². The molecule has 1 aromatic carbocycles. The van der Waals surface area contributed by atoms with Crippen molar-refractivity contribution < 1.29 is 13.9 Å². The summed E-state index contributed by atoms with van der Waals surface area (Å²) in [6.07, 6.45) is 6.79. The summed E-state index contributed by atoms with van der Waals surface area (Å²) < 4.78 is 20.5. The average Bonchev–Trinajstić information content (AvgIpc) is 3.30. The van der Waals surface area contributed by atoms with E-state index in [-0.39, 0.29) is 17.8 Å². The number of nitrogens with zero attached hydrogens (tertiary/aromatic N) is 2. The molecule has 1 aliphatic heterocycles. The van der Waals surface area contributed by atoms with Crippen LogP contribution < -0.4 is 4.74 Å². The number of thioether (sulfide) groups is 1. The number of halogens is 1. The predicted octanol–water partition coefficient (Wildman–Crippen LogP) is 4.48. The van der Waals surface area contributed by atoms with Crippen LogP contribution in [0.15, 0.2) is 18.2 Å². The molecule has 1 saturated heterocycles. The summed E-state index contributed by atoms with van der Waals surface area (Å²) >= 11 is 3.20. The van der Waals surface area contributed by atoms with Crippen LogP contribution in [-0.2, 0) is 4.79 Å². The Morgan fingerprint density at radius 2 is 2.04 bits per heavy atom. The molecule has 1 saturated carbocycles. The minimum atomic E-state index is -0.311. The van der Waals surface area contributed by atoms with Gasteiger partial charge in [-0.1, -0.05) is 30.2 Å². The topological polar surface area (TPSA) is 42.4 Å². The van der Waals surface area contributed by atoms with Crippen molar-refractivity contribution >= 4 is 39.2 Å². The van der Waals surface area contributed by atoms with Gasteiger partial charge in [-0.2, -0.15) is 4.98 Å². The van der Waals surface area contributed by atoms with E-state index in [4.69, 9.17) is 4.74 Å². The van der Waals surface area contributed by atoms with Gasteiger partial charge in [0.05, 0.1) is 10.5 Å². The summed E-state index contributed by atoms with van der Waals surface area (Å²) in [4.78, 5) is 18.6. The lowest BCUT2D eigenvalue weighted by molar-refractivity contribution is -0.130. The predicted molar refractivity (Wildman–Crippen MR) is 105 cm³/mol. The molecule has 26 heavy (non-hydrogen) atoms. The van der Waals surface area contributed by atoms with E-state index in [1.54, 1.807) is 6.07 Å². The lowest BCUT2D eigenvalue weighted by atomic mass is 10.1. The van der Waals surface area contributed by atoms with Crippen LogP contribution in [0.3, 0.4) is 0 Å². The third kappa shape index (κ3) is 4.14. The summed E-state index contributed by atoms with van der Waals surface area (Å²) in [5, 5.41) is 1.20. The average molecular weight is 395 g/mol. The molecule has 0 radical (unpaired) electrons. The van der Waals surface area contributed by atoms with Gasteiger partial charge in [0, 0.05) is 31.2 Å². The first-order valence-electron chi connectivity index (χ1n) is 9.30. The van der Waals surface area contributed by atoms with E-state index in [0.29, 0.717) is 21.7 Å². The fourth-order valence-corrected chi connectivity index (χ4v) is 5.77. The van der Waals surface area contributed by atoms with Gasteiger partial charge in [0.1, 0.15) is 17.4 Å². The van der Waals surface area contributed by atoms with Gasteiger partial charge < -0.3 is 9.64 Å². The molecule has 2 aromatic rings. The van der Waals surface area contributed by atoms with Crippen LogP contribution in [0.4, 0.5) is 4.39 Å². The lowest BCUT2D eigenvalue weighted by Crippen LogP contribution is -2.42. The number of benzene rings is 1. The van der Waals surface area contributed by atoms with E-state index >= 15 is 0 Å². The van der Waals surface area contributed by atoms with Gasteiger partial charge in [-0.05, 0) is 25.0 Å². The largest absolute Gasteiger partial charge is 0.467 e. The Kier molecular flexibility index (Phi) is 5.64. The zero-order valence-corrected chi connectivity index (χ0v) is 16.3. The number of piperidine rings is 1. The Labute approximate surface area is 161 Å². The van der Waals surface area contributed by atoms with Gasteiger partial charge >= 0.3 is 0 Å². The smallest absolute Gasteiger partial charge is 0.274 e. The van der Waals surface area contributed by atoms with Crippen molar-refractivity contribution in [2.75, 3.05) is 18.8 Å². The fourth-order valence-electron chi connectivity index (χ4n) is 3.65. The minimum Gasteiger partial charge on any atom is -0.467 e. The van der Waals surface area contributed by atoms with E-state index < -0.39 is 0 Å². The molecule has 2 aliphatic rings. The number of fused-ring (bicyclic) bond motifs is 1. The van der Waals surface area contributed by atoms with E-state index in [1.165, 1.54) is 43.1 Å². The summed E-state index contributed by atoms with van der Waals surface area (Å²) in [6.45, 7) is 1.46. The maximum atomic E-state index is 13.7. The molecular weight excluding hydrogens is 371 g/mol. The Morgan fingerprint density at radius 1 is 1.27 bits per heavy atom. The number of hydrogen-bond donors (Lipinski definition) is 0. The van der Waals surface area contributed by atoms with Crippen molar-refractivity contribution in [1.82, 2.24) is 9.88 Å². The van der Waals surface area contributed by atoms with Crippen molar-refractivity contribution in [3.63, 3.8) is 0 Å². The highest BCUT2D eigenvalue weighted by atomic mass is 32.2. The number of hydrogen-bond acceptors (Lipinski definition) is 5. The SMILES string of the molecule is O=C(CSC1CCCC1)N1CCC(Oc2nc3c(F)cccc3s2)CC1. The number of carbonyl (C=O) groups excluding carboxylic acids is 1. The first-order chi connectivity index (χ1) is 12.7. The number of rotatable bonds is 5. The highest BCUT2D eigenvalue weighted by Crippen LogP contribution is 2.32. The zero-order chi connectivity index (χ0) is 17.9. The second-order valence-electron chi connectivity index (χ2n) is 6.98. The number of likely N-dealkylation sites (tertiary alicyclic amines) is 1. The Morgan fingerprint density at radius 3 is 2.77 bits per heavy atom. The maximum Gasteiger partial charge on any atom is 0.274 e.